The summed E-state index contributed by atoms with van der Waals surface area (Å²) in [7, 11) is 0. The van der Waals surface area contributed by atoms with Crippen LogP contribution in [0.4, 0.5) is 4.39 Å². The number of rotatable bonds is 2. The van der Waals surface area contributed by atoms with E-state index in [9.17, 15) is 4.39 Å². The summed E-state index contributed by atoms with van der Waals surface area (Å²) >= 11 is 0. The summed E-state index contributed by atoms with van der Waals surface area (Å²) in [6.07, 6.45) is 0. The molecular formula is C16H16FNO2. The molecule has 0 saturated heterocycles. The number of fused-ring (bicyclic) bond motifs is 1. The number of nitrogens with two attached hydrogens (primary N) is 1. The fourth-order valence-electron chi connectivity index (χ4n) is 2.42. The van der Waals surface area contributed by atoms with Crippen molar-refractivity contribution in [2.75, 3.05) is 13.2 Å². The van der Waals surface area contributed by atoms with E-state index in [1.54, 1.807) is 6.07 Å². The minimum atomic E-state index is -0.313. The number of aryl methyl sites for hydroxylation is 1. The number of benzene rings is 2. The molecule has 0 bridgehead atoms. The molecule has 2 N–H and O–H groups in total. The van der Waals surface area contributed by atoms with Crippen molar-refractivity contribution in [1.29, 1.82) is 0 Å². The highest BCUT2D eigenvalue weighted by atomic mass is 19.1. The second kappa shape index (κ2) is 5.13. The molecule has 104 valence electrons. The summed E-state index contributed by atoms with van der Waals surface area (Å²) in [5.74, 6) is 1.20. The fraction of sp³-hybridized carbons (Fsp3) is 0.250. The zero-order chi connectivity index (χ0) is 14.1. The van der Waals surface area contributed by atoms with E-state index in [2.05, 4.69) is 0 Å². The first-order valence-electron chi connectivity index (χ1n) is 6.56. The molecule has 2 aromatic rings. The minimum Gasteiger partial charge on any atom is -0.486 e. The third kappa shape index (κ3) is 2.34. The van der Waals surface area contributed by atoms with Crippen molar-refractivity contribution in [2.24, 2.45) is 5.73 Å². The van der Waals surface area contributed by atoms with Crippen LogP contribution in [0.2, 0.25) is 0 Å². The highest BCUT2D eigenvalue weighted by molar-refractivity contribution is 5.47. The van der Waals surface area contributed by atoms with E-state index in [4.69, 9.17) is 15.2 Å². The van der Waals surface area contributed by atoms with E-state index < -0.39 is 0 Å². The second-order valence-electron chi connectivity index (χ2n) is 4.88. The van der Waals surface area contributed by atoms with Gasteiger partial charge in [-0.05, 0) is 47.9 Å². The Hall–Kier alpha value is -2.07. The summed E-state index contributed by atoms with van der Waals surface area (Å²) in [4.78, 5) is 0. The summed E-state index contributed by atoms with van der Waals surface area (Å²) in [5.41, 5.74) is 8.95. The first-order chi connectivity index (χ1) is 9.65. The van der Waals surface area contributed by atoms with E-state index in [1.807, 2.05) is 25.1 Å². The van der Waals surface area contributed by atoms with Crippen molar-refractivity contribution < 1.29 is 13.9 Å². The lowest BCUT2D eigenvalue weighted by molar-refractivity contribution is 0.171. The molecule has 0 spiro atoms. The molecule has 1 unspecified atom stereocenters. The molecule has 0 saturated carbocycles. The Morgan fingerprint density at radius 1 is 1.05 bits per heavy atom. The van der Waals surface area contributed by atoms with E-state index >= 15 is 0 Å². The summed E-state index contributed by atoms with van der Waals surface area (Å²) in [5, 5.41) is 0. The molecule has 3 rings (SSSR count). The molecule has 20 heavy (non-hydrogen) atoms. The van der Waals surface area contributed by atoms with Gasteiger partial charge in [-0.1, -0.05) is 12.1 Å². The Kier molecular flexibility index (Phi) is 3.32. The Labute approximate surface area is 117 Å². The smallest absolute Gasteiger partial charge is 0.161 e. The number of hydrogen-bond acceptors (Lipinski definition) is 3. The van der Waals surface area contributed by atoms with Crippen LogP contribution in [0.5, 0.6) is 11.5 Å². The number of ether oxygens (including phenoxy) is 2. The van der Waals surface area contributed by atoms with Gasteiger partial charge in [0.05, 0.1) is 6.04 Å². The summed E-state index contributed by atoms with van der Waals surface area (Å²) in [6, 6.07) is 10.0. The van der Waals surface area contributed by atoms with Gasteiger partial charge in [-0.15, -0.1) is 0 Å². The lowest BCUT2D eigenvalue weighted by Gasteiger charge is -2.21. The average Bonchev–Trinajstić information content (AvgIpc) is 2.46. The zero-order valence-corrected chi connectivity index (χ0v) is 11.2. The topological polar surface area (TPSA) is 44.5 Å². The van der Waals surface area contributed by atoms with E-state index in [1.165, 1.54) is 12.1 Å². The molecule has 1 aliphatic heterocycles. The molecule has 2 aromatic carbocycles. The summed E-state index contributed by atoms with van der Waals surface area (Å²) < 4.78 is 24.2. The Morgan fingerprint density at radius 3 is 2.55 bits per heavy atom. The molecule has 3 nitrogen and oxygen atoms in total. The molecular weight excluding hydrogens is 257 g/mol. The molecule has 0 aromatic heterocycles. The van der Waals surface area contributed by atoms with Crippen LogP contribution in [0.25, 0.3) is 0 Å². The normalized spacial score (nSPS) is 14.9. The maximum atomic E-state index is 13.2. The van der Waals surface area contributed by atoms with Crippen molar-refractivity contribution in [3.63, 3.8) is 0 Å². The van der Waals surface area contributed by atoms with Crippen molar-refractivity contribution in [3.05, 3.63) is 58.9 Å². The van der Waals surface area contributed by atoms with Crippen LogP contribution in [0.15, 0.2) is 36.4 Å². The van der Waals surface area contributed by atoms with Gasteiger partial charge in [0, 0.05) is 0 Å². The van der Waals surface area contributed by atoms with Crippen molar-refractivity contribution in [1.82, 2.24) is 0 Å². The highest BCUT2D eigenvalue weighted by Gasteiger charge is 2.17. The Balaban J connectivity index is 1.95. The van der Waals surface area contributed by atoms with Crippen molar-refractivity contribution >= 4 is 0 Å². The number of halogens is 1. The van der Waals surface area contributed by atoms with Crippen LogP contribution < -0.4 is 15.2 Å². The van der Waals surface area contributed by atoms with Gasteiger partial charge in [0.25, 0.3) is 0 Å². The Bertz CT molecular complexity index is 642. The first kappa shape index (κ1) is 12.9. The lowest BCUT2D eigenvalue weighted by atomic mass is 9.95. The minimum absolute atomic E-state index is 0.249. The van der Waals surface area contributed by atoms with E-state index in [0.29, 0.717) is 19.0 Å². The molecule has 1 heterocycles. The van der Waals surface area contributed by atoms with Crippen molar-refractivity contribution in [2.45, 2.75) is 13.0 Å². The first-order valence-corrected chi connectivity index (χ1v) is 6.56. The predicted octanol–water partition coefficient (Wildman–Crippen LogP) is 2.95. The van der Waals surface area contributed by atoms with E-state index in [0.717, 1.165) is 22.4 Å². The molecule has 0 aliphatic carbocycles. The summed E-state index contributed by atoms with van der Waals surface area (Å²) in [6.45, 7) is 2.97. The van der Waals surface area contributed by atoms with E-state index in [-0.39, 0.29) is 11.9 Å². The molecule has 0 fully saturated rings. The van der Waals surface area contributed by atoms with Crippen LogP contribution in [0, 0.1) is 12.7 Å². The van der Waals surface area contributed by atoms with Crippen molar-refractivity contribution in [3.8, 4) is 11.5 Å². The SMILES string of the molecule is Cc1cc(F)ccc1C(N)c1ccc2c(c1)OCCO2. The van der Waals surface area contributed by atoms with Gasteiger partial charge in [-0.25, -0.2) is 4.39 Å². The lowest BCUT2D eigenvalue weighted by Crippen LogP contribution is -2.17. The third-order valence-electron chi connectivity index (χ3n) is 3.49. The Morgan fingerprint density at radius 2 is 1.80 bits per heavy atom. The second-order valence-corrected chi connectivity index (χ2v) is 4.88. The molecule has 4 heteroatoms. The van der Waals surface area contributed by atoms with Crippen LogP contribution in [-0.2, 0) is 0 Å². The standard InChI is InChI=1S/C16H16FNO2/c1-10-8-12(17)3-4-13(10)16(18)11-2-5-14-15(9-11)20-7-6-19-14/h2-5,8-9,16H,6-7,18H2,1H3. The van der Waals surface area contributed by atoms with Gasteiger partial charge < -0.3 is 15.2 Å². The zero-order valence-electron chi connectivity index (χ0n) is 11.2. The molecule has 0 radical (unpaired) electrons. The van der Waals surface area contributed by atoms with Gasteiger partial charge >= 0.3 is 0 Å². The van der Waals surface area contributed by atoms with Gasteiger partial charge in [0.2, 0.25) is 0 Å². The molecule has 1 atom stereocenters. The maximum absolute atomic E-state index is 13.2. The number of hydrogen-bond donors (Lipinski definition) is 1. The van der Waals surface area contributed by atoms with Crippen LogP contribution in [0.1, 0.15) is 22.7 Å². The third-order valence-corrected chi connectivity index (χ3v) is 3.49. The fourth-order valence-corrected chi connectivity index (χ4v) is 2.42. The highest BCUT2D eigenvalue weighted by Crippen LogP contribution is 2.34. The van der Waals surface area contributed by atoms with Gasteiger partial charge in [0.15, 0.2) is 11.5 Å². The maximum Gasteiger partial charge on any atom is 0.161 e. The largest absolute Gasteiger partial charge is 0.486 e. The van der Waals surface area contributed by atoms with Gasteiger partial charge in [0.1, 0.15) is 19.0 Å². The van der Waals surface area contributed by atoms with Crippen LogP contribution in [-0.4, -0.2) is 13.2 Å². The average molecular weight is 273 g/mol. The van der Waals surface area contributed by atoms with Crippen LogP contribution >= 0.6 is 0 Å². The quantitative estimate of drug-likeness (QED) is 0.915. The monoisotopic (exact) mass is 273 g/mol. The van der Waals surface area contributed by atoms with Gasteiger partial charge in [-0.2, -0.15) is 0 Å². The molecule has 0 amide bonds. The van der Waals surface area contributed by atoms with Crippen LogP contribution in [0.3, 0.4) is 0 Å². The van der Waals surface area contributed by atoms with Gasteiger partial charge in [-0.3, -0.25) is 0 Å². The predicted molar refractivity (Wildman–Crippen MR) is 74.6 cm³/mol. The molecule has 1 aliphatic rings.